The summed E-state index contributed by atoms with van der Waals surface area (Å²) in [5, 5.41) is 3.58. The van der Waals surface area contributed by atoms with Crippen molar-refractivity contribution >= 4 is 29.1 Å². The van der Waals surface area contributed by atoms with Gasteiger partial charge in [-0.15, -0.1) is 0 Å². The number of likely N-dealkylation sites (tertiary alicyclic amines) is 2. The lowest BCUT2D eigenvalue weighted by Crippen LogP contribution is -2.48. The van der Waals surface area contributed by atoms with Crippen LogP contribution in [0, 0.1) is 19.8 Å². The van der Waals surface area contributed by atoms with E-state index in [0.717, 1.165) is 63.0 Å². The molecule has 2 saturated heterocycles. The van der Waals surface area contributed by atoms with Crippen LogP contribution in [0.3, 0.4) is 0 Å². The summed E-state index contributed by atoms with van der Waals surface area (Å²) in [5.74, 6) is 0.385. The fourth-order valence-electron chi connectivity index (χ4n) is 4.55. The van der Waals surface area contributed by atoms with Crippen LogP contribution in [0.15, 0.2) is 12.1 Å². The van der Waals surface area contributed by atoms with Gasteiger partial charge in [0.25, 0.3) is 0 Å². The summed E-state index contributed by atoms with van der Waals surface area (Å²) in [6.45, 7) is 9.26. The number of benzene rings is 1. The second-order valence-electron chi connectivity index (χ2n) is 8.65. The van der Waals surface area contributed by atoms with E-state index < -0.39 is 0 Å². The van der Waals surface area contributed by atoms with Crippen molar-refractivity contribution in [3.63, 3.8) is 0 Å². The predicted octanol–water partition coefficient (Wildman–Crippen LogP) is 4.40. The fraction of sp³-hybridized carbons (Fsp3) is 0.652. The Balaban J connectivity index is 1.53. The lowest BCUT2D eigenvalue weighted by Gasteiger charge is -2.36. The van der Waals surface area contributed by atoms with Gasteiger partial charge in [0.2, 0.25) is 11.8 Å². The Morgan fingerprint density at radius 1 is 1.03 bits per heavy atom. The van der Waals surface area contributed by atoms with Gasteiger partial charge in [-0.05, 0) is 76.7 Å². The molecule has 1 aromatic carbocycles. The molecule has 0 bridgehead atoms. The van der Waals surface area contributed by atoms with Crippen LogP contribution in [0.5, 0.6) is 0 Å². The van der Waals surface area contributed by atoms with E-state index in [2.05, 4.69) is 15.1 Å². The van der Waals surface area contributed by atoms with Crippen molar-refractivity contribution in [2.24, 2.45) is 5.92 Å². The maximum Gasteiger partial charge on any atom is 0.241 e. The average molecular weight is 420 g/mol. The molecule has 3 rings (SSSR count). The molecule has 0 spiro atoms. The number of carbonyl (C=O) groups excluding carboxylic acids is 2. The van der Waals surface area contributed by atoms with E-state index in [-0.39, 0.29) is 17.9 Å². The minimum absolute atomic E-state index is 0.0452. The number of aryl methyl sites for hydroxylation is 2. The third kappa shape index (κ3) is 5.52. The third-order valence-electron chi connectivity index (χ3n) is 6.40. The highest BCUT2D eigenvalue weighted by molar-refractivity contribution is 6.34. The minimum atomic E-state index is -0.249. The van der Waals surface area contributed by atoms with Crippen molar-refractivity contribution in [3.05, 3.63) is 28.3 Å². The molecule has 5 nitrogen and oxygen atoms in total. The van der Waals surface area contributed by atoms with Crippen LogP contribution >= 0.6 is 11.6 Å². The second-order valence-corrected chi connectivity index (χ2v) is 9.06. The van der Waals surface area contributed by atoms with Crippen molar-refractivity contribution in [3.8, 4) is 0 Å². The van der Waals surface area contributed by atoms with E-state index in [1.54, 1.807) is 0 Å². The number of amides is 2. The van der Waals surface area contributed by atoms with E-state index in [1.807, 2.05) is 32.9 Å². The van der Waals surface area contributed by atoms with E-state index in [9.17, 15) is 9.59 Å². The highest BCUT2D eigenvalue weighted by Gasteiger charge is 2.32. The molecule has 29 heavy (non-hydrogen) atoms. The maximum atomic E-state index is 12.9. The summed E-state index contributed by atoms with van der Waals surface area (Å²) in [5.41, 5.74) is 2.74. The molecule has 1 unspecified atom stereocenters. The van der Waals surface area contributed by atoms with Crippen LogP contribution in [0.4, 0.5) is 5.69 Å². The molecule has 1 atom stereocenters. The molecule has 2 amide bonds. The van der Waals surface area contributed by atoms with E-state index in [4.69, 9.17) is 11.6 Å². The number of hydrogen-bond donors (Lipinski definition) is 1. The van der Waals surface area contributed by atoms with Gasteiger partial charge in [-0.25, -0.2) is 0 Å². The average Bonchev–Trinajstić information content (AvgIpc) is 2.99. The summed E-state index contributed by atoms with van der Waals surface area (Å²) >= 11 is 6.34. The summed E-state index contributed by atoms with van der Waals surface area (Å²) in [4.78, 5) is 29.9. The molecule has 0 aliphatic carbocycles. The van der Waals surface area contributed by atoms with Gasteiger partial charge < -0.3 is 10.2 Å². The Morgan fingerprint density at radius 2 is 1.66 bits per heavy atom. The quantitative estimate of drug-likeness (QED) is 0.786. The molecule has 1 N–H and O–H groups in total. The van der Waals surface area contributed by atoms with Crippen LogP contribution < -0.4 is 5.32 Å². The van der Waals surface area contributed by atoms with E-state index >= 15 is 0 Å². The molecule has 2 fully saturated rings. The number of hydrogen-bond acceptors (Lipinski definition) is 3. The molecule has 1 aromatic rings. The Morgan fingerprint density at radius 3 is 2.24 bits per heavy atom. The highest BCUT2D eigenvalue weighted by Crippen LogP contribution is 2.28. The van der Waals surface area contributed by atoms with Gasteiger partial charge in [0.15, 0.2) is 0 Å². The number of nitrogens with zero attached hydrogens (tertiary/aromatic N) is 2. The van der Waals surface area contributed by atoms with Crippen molar-refractivity contribution in [1.29, 1.82) is 0 Å². The predicted molar refractivity (Wildman–Crippen MR) is 118 cm³/mol. The van der Waals surface area contributed by atoms with Crippen molar-refractivity contribution in [1.82, 2.24) is 9.80 Å². The summed E-state index contributed by atoms with van der Waals surface area (Å²) in [6, 6.07) is 3.64. The van der Waals surface area contributed by atoms with Crippen LogP contribution in [-0.2, 0) is 9.59 Å². The van der Waals surface area contributed by atoms with Crippen LogP contribution in [0.25, 0.3) is 0 Å². The van der Waals surface area contributed by atoms with E-state index in [1.165, 1.54) is 12.8 Å². The lowest BCUT2D eigenvalue weighted by atomic mass is 9.94. The van der Waals surface area contributed by atoms with Crippen molar-refractivity contribution < 1.29 is 9.59 Å². The molecule has 2 heterocycles. The van der Waals surface area contributed by atoms with Gasteiger partial charge in [-0.1, -0.05) is 30.5 Å². The van der Waals surface area contributed by atoms with Crippen LogP contribution in [0.1, 0.15) is 56.6 Å². The van der Waals surface area contributed by atoms with Crippen molar-refractivity contribution in [2.45, 2.75) is 65.3 Å². The number of anilines is 1. The van der Waals surface area contributed by atoms with Crippen molar-refractivity contribution in [2.75, 3.05) is 31.5 Å². The smallest absolute Gasteiger partial charge is 0.241 e. The first-order valence-corrected chi connectivity index (χ1v) is 11.3. The minimum Gasteiger partial charge on any atom is -0.342 e. The lowest BCUT2D eigenvalue weighted by molar-refractivity contribution is -0.137. The Bertz CT molecular complexity index is 713. The van der Waals surface area contributed by atoms with Gasteiger partial charge >= 0.3 is 0 Å². The van der Waals surface area contributed by atoms with Crippen LogP contribution in [0.2, 0.25) is 5.02 Å². The van der Waals surface area contributed by atoms with Gasteiger partial charge in [0, 0.05) is 19.0 Å². The standard InChI is InChI=1S/C23H34ClN3O2/c1-16-14-17(2)21(20(24)15-16)25-22(28)18(3)26-12-8-19(9-13-26)23(29)27-10-6-4-5-7-11-27/h14-15,18-19H,4-13H2,1-3H3,(H,25,28). The monoisotopic (exact) mass is 419 g/mol. The van der Waals surface area contributed by atoms with Gasteiger partial charge in [0.1, 0.15) is 0 Å². The first kappa shape index (κ1) is 22.1. The molecule has 6 heteroatoms. The summed E-state index contributed by atoms with van der Waals surface area (Å²) < 4.78 is 0. The first-order chi connectivity index (χ1) is 13.9. The first-order valence-electron chi connectivity index (χ1n) is 11.0. The molecule has 0 saturated carbocycles. The number of piperidine rings is 1. The number of nitrogens with one attached hydrogen (secondary N) is 1. The zero-order valence-electron chi connectivity index (χ0n) is 18.0. The molecule has 0 radical (unpaired) electrons. The Kier molecular flexibility index (Phi) is 7.58. The normalized spacial score (nSPS) is 20.2. The van der Waals surface area contributed by atoms with Gasteiger partial charge in [-0.3, -0.25) is 14.5 Å². The fourth-order valence-corrected chi connectivity index (χ4v) is 4.92. The van der Waals surface area contributed by atoms with Gasteiger partial charge in [-0.2, -0.15) is 0 Å². The molecule has 2 aliphatic heterocycles. The maximum absolute atomic E-state index is 12.9. The zero-order chi connectivity index (χ0) is 21.0. The molecule has 160 valence electrons. The zero-order valence-corrected chi connectivity index (χ0v) is 18.7. The molecular weight excluding hydrogens is 386 g/mol. The number of halogens is 1. The summed E-state index contributed by atoms with van der Waals surface area (Å²) in [7, 11) is 0. The Labute approximate surface area is 179 Å². The largest absolute Gasteiger partial charge is 0.342 e. The van der Waals surface area contributed by atoms with E-state index in [0.29, 0.717) is 16.6 Å². The highest BCUT2D eigenvalue weighted by atomic mass is 35.5. The third-order valence-corrected chi connectivity index (χ3v) is 6.70. The SMILES string of the molecule is Cc1cc(C)c(NC(=O)C(C)N2CCC(C(=O)N3CCCCCC3)CC2)c(Cl)c1. The second kappa shape index (κ2) is 9.94. The van der Waals surface area contributed by atoms with Crippen LogP contribution in [-0.4, -0.2) is 53.8 Å². The van der Waals surface area contributed by atoms with Gasteiger partial charge in [0.05, 0.1) is 16.8 Å². The molecular formula is C23H34ClN3O2. The number of rotatable bonds is 4. The Hall–Kier alpha value is -1.59. The number of carbonyl (C=O) groups is 2. The summed E-state index contributed by atoms with van der Waals surface area (Å²) in [6.07, 6.45) is 6.39. The molecule has 0 aromatic heterocycles. The molecule has 2 aliphatic rings. The topological polar surface area (TPSA) is 52.7 Å².